The van der Waals surface area contributed by atoms with E-state index < -0.39 is 35.1 Å². The predicted molar refractivity (Wildman–Crippen MR) is 177 cm³/mol. The molecule has 0 radical (unpaired) electrons. The number of methoxy groups -OCH3 is 3. The van der Waals surface area contributed by atoms with Crippen molar-refractivity contribution in [2.45, 2.75) is 18.8 Å². The van der Waals surface area contributed by atoms with Crippen LogP contribution in [0.1, 0.15) is 55.4 Å². The van der Waals surface area contributed by atoms with Crippen molar-refractivity contribution < 1.29 is 38.5 Å². The second-order valence-corrected chi connectivity index (χ2v) is 10.7. The average Bonchev–Trinajstić information content (AvgIpc) is 3.11. The molecule has 0 aliphatic rings. The monoisotopic (exact) mass is 638 g/mol. The quantitative estimate of drug-likeness (QED) is 0.0864. The topological polar surface area (TPSA) is 140 Å². The number of rotatable bonds is 16. The van der Waals surface area contributed by atoms with Crippen LogP contribution in [0.4, 0.5) is 0 Å². The molecule has 0 saturated carbocycles. The first-order valence-electron chi connectivity index (χ1n) is 15.1. The number of hydrogen-bond donors (Lipinski definition) is 3. The van der Waals surface area contributed by atoms with Crippen LogP contribution in [0, 0.1) is 5.92 Å². The summed E-state index contributed by atoms with van der Waals surface area (Å²) in [6.45, 7) is 0.555. The molecule has 47 heavy (non-hydrogen) atoms. The molecule has 0 heterocycles. The van der Waals surface area contributed by atoms with E-state index in [1.54, 1.807) is 78.9 Å². The summed E-state index contributed by atoms with van der Waals surface area (Å²) in [5, 5.41) is 16.6. The second kappa shape index (κ2) is 16.6. The minimum atomic E-state index is -1.59. The van der Waals surface area contributed by atoms with Gasteiger partial charge in [-0.2, -0.15) is 0 Å². The molecular formula is C37H38N2O8. The van der Waals surface area contributed by atoms with E-state index in [9.17, 15) is 24.3 Å². The van der Waals surface area contributed by atoms with Gasteiger partial charge in [-0.15, -0.1) is 0 Å². The van der Waals surface area contributed by atoms with Gasteiger partial charge in [-0.3, -0.25) is 19.2 Å². The van der Waals surface area contributed by atoms with Gasteiger partial charge < -0.3 is 30.0 Å². The van der Waals surface area contributed by atoms with Gasteiger partial charge in [0.25, 0.3) is 5.91 Å². The summed E-state index contributed by atoms with van der Waals surface area (Å²) in [7, 11) is 4.24. The van der Waals surface area contributed by atoms with Crippen molar-refractivity contribution >= 4 is 23.4 Å². The Balaban J connectivity index is 1.63. The van der Waals surface area contributed by atoms with Crippen LogP contribution in [-0.4, -0.2) is 62.9 Å². The molecule has 4 aromatic carbocycles. The Hall–Kier alpha value is -5.64. The van der Waals surface area contributed by atoms with Crippen LogP contribution in [0.15, 0.2) is 97.1 Å². The molecule has 2 amide bonds. The van der Waals surface area contributed by atoms with E-state index in [0.717, 1.165) is 0 Å². The van der Waals surface area contributed by atoms with E-state index in [0.29, 0.717) is 36.3 Å². The third-order valence-electron chi connectivity index (χ3n) is 7.70. The molecule has 4 rings (SSSR count). The normalized spacial score (nSPS) is 11.9. The molecule has 0 aliphatic carbocycles. The minimum Gasteiger partial charge on any atom is -0.507 e. The number of ketones is 2. The lowest BCUT2D eigenvalue weighted by Gasteiger charge is -2.26. The van der Waals surface area contributed by atoms with Gasteiger partial charge in [0.15, 0.2) is 11.6 Å². The number of carbonyl (C=O) groups is 4. The Kier molecular flexibility index (Phi) is 12.1. The molecule has 10 nitrogen and oxygen atoms in total. The number of phenolic OH excluding ortho intramolecular Hbond substituents is 1. The zero-order chi connectivity index (χ0) is 33.8. The van der Waals surface area contributed by atoms with Gasteiger partial charge in [0.1, 0.15) is 34.5 Å². The van der Waals surface area contributed by atoms with Crippen LogP contribution < -0.4 is 24.8 Å². The highest BCUT2D eigenvalue weighted by Crippen LogP contribution is 2.39. The number of aromatic hydroxyl groups is 1. The Morgan fingerprint density at radius 2 is 1.26 bits per heavy atom. The summed E-state index contributed by atoms with van der Waals surface area (Å²) in [5.41, 5.74) is 1.01. The first kappa shape index (κ1) is 34.2. The van der Waals surface area contributed by atoms with Gasteiger partial charge in [0.2, 0.25) is 5.91 Å². The molecule has 0 aromatic heterocycles. The highest BCUT2D eigenvalue weighted by Gasteiger charge is 2.42. The Labute approximate surface area is 273 Å². The molecule has 0 aliphatic heterocycles. The zero-order valence-corrected chi connectivity index (χ0v) is 26.5. The molecule has 244 valence electrons. The van der Waals surface area contributed by atoms with Gasteiger partial charge in [0.05, 0.1) is 27.2 Å². The van der Waals surface area contributed by atoms with Crippen LogP contribution in [0.5, 0.6) is 23.0 Å². The Bertz CT molecular complexity index is 1670. The third kappa shape index (κ3) is 8.55. The number of ether oxygens (including phenoxy) is 3. The average molecular weight is 639 g/mol. The number of amides is 2. The number of benzene rings is 4. The fraction of sp³-hybridized carbons (Fsp3) is 0.243. The standard InChI is InChI=1S/C37H38N2O8/c1-45-27-18-16-25(17-19-27)34(41)31(24-12-6-4-7-13-24)33(35(42)32-29(40)22-28(46-2)23-30(32)47-3)37(44)39-21-11-10-20-38-36(43)26-14-8-5-9-15-26/h4-9,12-19,22-23,31,33,40H,10-11,20-21H2,1-3H3,(H,38,43)(H,39,44)/t31-,33-/m0/s1. The van der Waals surface area contributed by atoms with Crippen molar-refractivity contribution in [1.29, 1.82) is 0 Å². The van der Waals surface area contributed by atoms with E-state index in [2.05, 4.69) is 10.6 Å². The van der Waals surface area contributed by atoms with Crippen molar-refractivity contribution in [2.75, 3.05) is 34.4 Å². The second-order valence-electron chi connectivity index (χ2n) is 10.7. The first-order chi connectivity index (χ1) is 22.8. The third-order valence-corrected chi connectivity index (χ3v) is 7.70. The van der Waals surface area contributed by atoms with Gasteiger partial charge >= 0.3 is 0 Å². The van der Waals surface area contributed by atoms with Crippen LogP contribution in [0.3, 0.4) is 0 Å². The number of phenols is 1. The highest BCUT2D eigenvalue weighted by atomic mass is 16.5. The molecule has 4 aromatic rings. The molecule has 0 fully saturated rings. The molecule has 0 bridgehead atoms. The van der Waals surface area contributed by atoms with E-state index in [1.807, 2.05) is 6.07 Å². The number of Topliss-reactive ketones (excluding diaryl/α,β-unsaturated/α-hetero) is 2. The summed E-state index contributed by atoms with van der Waals surface area (Å²) in [5.74, 6) is -4.70. The van der Waals surface area contributed by atoms with Crippen molar-refractivity contribution in [3.8, 4) is 23.0 Å². The lowest BCUT2D eigenvalue weighted by atomic mass is 9.76. The van der Waals surface area contributed by atoms with Crippen LogP contribution >= 0.6 is 0 Å². The van der Waals surface area contributed by atoms with Gasteiger partial charge in [-0.1, -0.05) is 48.5 Å². The molecule has 0 unspecified atom stereocenters. The Morgan fingerprint density at radius 1 is 0.660 bits per heavy atom. The van der Waals surface area contributed by atoms with Crippen molar-refractivity contribution in [2.24, 2.45) is 5.92 Å². The van der Waals surface area contributed by atoms with E-state index in [-0.39, 0.29) is 35.1 Å². The van der Waals surface area contributed by atoms with Crippen molar-refractivity contribution in [1.82, 2.24) is 10.6 Å². The molecule has 0 spiro atoms. The molecular weight excluding hydrogens is 600 g/mol. The summed E-state index contributed by atoms with van der Waals surface area (Å²) in [4.78, 5) is 55.0. The number of carbonyl (C=O) groups excluding carboxylic acids is 4. The maximum atomic E-state index is 14.4. The van der Waals surface area contributed by atoms with Crippen LogP contribution in [0.25, 0.3) is 0 Å². The van der Waals surface area contributed by atoms with Crippen molar-refractivity contribution in [3.63, 3.8) is 0 Å². The van der Waals surface area contributed by atoms with E-state index in [1.165, 1.54) is 33.5 Å². The summed E-state index contributed by atoms with van der Waals surface area (Å²) in [6, 6.07) is 26.5. The fourth-order valence-corrected chi connectivity index (χ4v) is 5.24. The minimum absolute atomic E-state index is 0.0116. The smallest absolute Gasteiger partial charge is 0.251 e. The van der Waals surface area contributed by atoms with Crippen LogP contribution in [0.2, 0.25) is 0 Å². The van der Waals surface area contributed by atoms with Gasteiger partial charge in [-0.05, 0) is 54.8 Å². The lowest BCUT2D eigenvalue weighted by Crippen LogP contribution is -2.42. The zero-order valence-electron chi connectivity index (χ0n) is 26.5. The maximum absolute atomic E-state index is 14.4. The Morgan fingerprint density at radius 3 is 1.85 bits per heavy atom. The SMILES string of the molecule is COc1ccc(C(=O)[C@@H](c2ccccc2)[C@H](C(=O)NCCCCNC(=O)c2ccccc2)C(=O)c2c(O)cc(OC)cc2OC)cc1. The number of nitrogens with one attached hydrogen (secondary N) is 2. The maximum Gasteiger partial charge on any atom is 0.251 e. The number of hydrogen-bond acceptors (Lipinski definition) is 8. The summed E-state index contributed by atoms with van der Waals surface area (Å²) < 4.78 is 15.9. The van der Waals surface area contributed by atoms with E-state index in [4.69, 9.17) is 14.2 Å². The van der Waals surface area contributed by atoms with Gasteiger partial charge in [-0.25, -0.2) is 0 Å². The molecule has 3 N–H and O–H groups in total. The molecule has 10 heteroatoms. The number of unbranched alkanes of at least 4 members (excludes halogenated alkanes) is 1. The highest BCUT2D eigenvalue weighted by molar-refractivity contribution is 6.18. The van der Waals surface area contributed by atoms with Crippen LogP contribution in [-0.2, 0) is 4.79 Å². The lowest BCUT2D eigenvalue weighted by molar-refractivity contribution is -0.123. The summed E-state index contributed by atoms with van der Waals surface area (Å²) in [6.07, 6.45) is 1.04. The summed E-state index contributed by atoms with van der Waals surface area (Å²) >= 11 is 0. The van der Waals surface area contributed by atoms with E-state index >= 15 is 0 Å². The fourth-order valence-electron chi connectivity index (χ4n) is 5.24. The molecule has 0 saturated heterocycles. The van der Waals surface area contributed by atoms with Crippen molar-refractivity contribution in [3.05, 3.63) is 119 Å². The largest absolute Gasteiger partial charge is 0.507 e. The predicted octanol–water partition coefficient (Wildman–Crippen LogP) is 5.21. The molecule has 2 atom stereocenters. The van der Waals surface area contributed by atoms with Gasteiger partial charge in [0, 0.05) is 36.3 Å². The first-order valence-corrected chi connectivity index (χ1v) is 15.1.